The second-order valence-electron chi connectivity index (χ2n) is 3.74. The Morgan fingerprint density at radius 3 is 3.06 bits per heavy atom. The molecule has 1 aliphatic rings. The first-order valence-electron chi connectivity index (χ1n) is 5.25. The third-order valence-corrected chi connectivity index (χ3v) is 3.07. The number of halogens is 1. The summed E-state index contributed by atoms with van der Waals surface area (Å²) in [5.41, 5.74) is 7.47. The van der Waals surface area contributed by atoms with Gasteiger partial charge in [-0.1, -0.05) is 15.9 Å². The lowest BCUT2D eigenvalue weighted by Gasteiger charge is -2.23. The smallest absolute Gasteiger partial charge is 0.226 e. The van der Waals surface area contributed by atoms with Crippen molar-refractivity contribution in [3.8, 4) is 0 Å². The number of nitrogens with two attached hydrogens (primary N) is 1. The van der Waals surface area contributed by atoms with Crippen molar-refractivity contribution in [2.45, 2.75) is 6.42 Å². The summed E-state index contributed by atoms with van der Waals surface area (Å²) in [6.07, 6.45) is 0.506. The van der Waals surface area contributed by atoms with Crippen LogP contribution in [-0.4, -0.2) is 25.5 Å². The van der Waals surface area contributed by atoms with Crippen LogP contribution >= 0.6 is 15.9 Å². The molecular formula is C11H14BrN3O. The van der Waals surface area contributed by atoms with E-state index in [0.717, 1.165) is 28.9 Å². The summed E-state index contributed by atoms with van der Waals surface area (Å²) < 4.78 is 0.959. The summed E-state index contributed by atoms with van der Waals surface area (Å²) in [4.78, 5) is 13.7. The lowest BCUT2D eigenvalue weighted by Crippen LogP contribution is -2.30. The number of anilines is 2. The highest BCUT2D eigenvalue weighted by Crippen LogP contribution is 2.31. The van der Waals surface area contributed by atoms with Crippen LogP contribution in [0.15, 0.2) is 22.7 Å². The molecule has 86 valence electrons. The predicted molar refractivity (Wildman–Crippen MR) is 68.7 cm³/mol. The fourth-order valence-electron chi connectivity index (χ4n) is 1.84. The highest BCUT2D eigenvalue weighted by molar-refractivity contribution is 9.10. The molecule has 0 saturated heterocycles. The maximum Gasteiger partial charge on any atom is 0.226 e. The molecule has 0 unspecified atom stereocenters. The molecule has 1 aliphatic heterocycles. The molecule has 3 N–H and O–H groups in total. The number of amides is 1. The molecule has 16 heavy (non-hydrogen) atoms. The third kappa shape index (κ3) is 2.36. The van der Waals surface area contributed by atoms with E-state index in [2.05, 4.69) is 26.1 Å². The van der Waals surface area contributed by atoms with Crippen LogP contribution in [0.5, 0.6) is 0 Å². The number of carbonyl (C=O) groups excluding carboxylic acids is 1. The van der Waals surface area contributed by atoms with Crippen LogP contribution in [0.4, 0.5) is 11.4 Å². The van der Waals surface area contributed by atoms with Gasteiger partial charge in [0.2, 0.25) is 5.91 Å². The minimum absolute atomic E-state index is 0.0545. The first-order chi connectivity index (χ1) is 7.70. The van der Waals surface area contributed by atoms with E-state index in [4.69, 9.17) is 5.73 Å². The van der Waals surface area contributed by atoms with Crippen LogP contribution in [0, 0.1) is 0 Å². The van der Waals surface area contributed by atoms with Crippen molar-refractivity contribution in [2.75, 3.05) is 29.9 Å². The zero-order valence-corrected chi connectivity index (χ0v) is 10.5. The minimum atomic E-state index is 0.0545. The van der Waals surface area contributed by atoms with E-state index >= 15 is 0 Å². The second-order valence-corrected chi connectivity index (χ2v) is 4.65. The van der Waals surface area contributed by atoms with E-state index in [1.807, 2.05) is 18.2 Å². The molecule has 0 bridgehead atoms. The standard InChI is InChI=1S/C11H14BrN3O/c12-8-1-2-10-9(7-8)14-11(16)3-5-15(10)6-4-13/h1-2,7H,3-6,13H2,(H,14,16). The fourth-order valence-corrected chi connectivity index (χ4v) is 2.20. The van der Waals surface area contributed by atoms with E-state index in [0.29, 0.717) is 13.0 Å². The molecule has 1 aromatic carbocycles. The monoisotopic (exact) mass is 283 g/mol. The van der Waals surface area contributed by atoms with Crippen molar-refractivity contribution in [3.63, 3.8) is 0 Å². The van der Waals surface area contributed by atoms with Gasteiger partial charge in [-0.05, 0) is 18.2 Å². The zero-order valence-electron chi connectivity index (χ0n) is 8.87. The Balaban J connectivity index is 2.38. The van der Waals surface area contributed by atoms with Gasteiger partial charge in [-0.25, -0.2) is 0 Å². The van der Waals surface area contributed by atoms with Crippen molar-refractivity contribution in [1.82, 2.24) is 0 Å². The van der Waals surface area contributed by atoms with Gasteiger partial charge in [-0.3, -0.25) is 4.79 Å². The normalized spacial score (nSPS) is 15.4. The van der Waals surface area contributed by atoms with E-state index in [-0.39, 0.29) is 5.91 Å². The summed E-state index contributed by atoms with van der Waals surface area (Å²) in [5.74, 6) is 0.0545. The molecule has 0 radical (unpaired) electrons. The Hall–Kier alpha value is -1.07. The molecule has 1 aromatic rings. The molecule has 5 heteroatoms. The van der Waals surface area contributed by atoms with Crippen LogP contribution in [0.3, 0.4) is 0 Å². The Bertz CT molecular complexity index is 408. The van der Waals surface area contributed by atoms with Gasteiger partial charge in [0, 0.05) is 30.5 Å². The van der Waals surface area contributed by atoms with E-state index in [1.54, 1.807) is 0 Å². The summed E-state index contributed by atoms with van der Waals surface area (Å²) in [7, 11) is 0. The van der Waals surface area contributed by atoms with Gasteiger partial charge in [0.1, 0.15) is 0 Å². The molecular weight excluding hydrogens is 270 g/mol. The molecule has 0 aliphatic carbocycles. The number of nitrogens with zero attached hydrogens (tertiary/aromatic N) is 1. The largest absolute Gasteiger partial charge is 0.368 e. The van der Waals surface area contributed by atoms with E-state index in [9.17, 15) is 4.79 Å². The Morgan fingerprint density at radius 1 is 1.50 bits per heavy atom. The topological polar surface area (TPSA) is 58.4 Å². The lowest BCUT2D eigenvalue weighted by molar-refractivity contribution is -0.115. The van der Waals surface area contributed by atoms with Gasteiger partial charge in [-0.15, -0.1) is 0 Å². The summed E-state index contributed by atoms with van der Waals surface area (Å²) in [6, 6.07) is 5.89. The molecule has 4 nitrogen and oxygen atoms in total. The van der Waals surface area contributed by atoms with Gasteiger partial charge < -0.3 is 16.0 Å². The SMILES string of the molecule is NCCN1CCC(=O)Nc2cc(Br)ccc21. The number of carbonyl (C=O) groups is 1. The Kier molecular flexibility index (Phi) is 3.46. The van der Waals surface area contributed by atoms with Crippen molar-refractivity contribution >= 4 is 33.2 Å². The van der Waals surface area contributed by atoms with Crippen LogP contribution in [0.2, 0.25) is 0 Å². The van der Waals surface area contributed by atoms with Gasteiger partial charge in [0.15, 0.2) is 0 Å². The third-order valence-electron chi connectivity index (χ3n) is 2.58. The zero-order chi connectivity index (χ0) is 11.5. The molecule has 0 fully saturated rings. The predicted octanol–water partition coefficient (Wildman–Crippen LogP) is 1.56. The second kappa shape index (κ2) is 4.84. The van der Waals surface area contributed by atoms with Gasteiger partial charge in [0.25, 0.3) is 0 Å². The summed E-state index contributed by atoms with van der Waals surface area (Å²) >= 11 is 3.40. The highest BCUT2D eigenvalue weighted by Gasteiger charge is 2.18. The van der Waals surface area contributed by atoms with Crippen molar-refractivity contribution in [3.05, 3.63) is 22.7 Å². The Morgan fingerprint density at radius 2 is 2.31 bits per heavy atom. The molecule has 0 aromatic heterocycles. The van der Waals surface area contributed by atoms with Crippen LogP contribution in [0.1, 0.15) is 6.42 Å². The molecule has 1 heterocycles. The molecule has 0 spiro atoms. The number of fused-ring (bicyclic) bond motifs is 1. The highest BCUT2D eigenvalue weighted by atomic mass is 79.9. The van der Waals surface area contributed by atoms with Crippen molar-refractivity contribution < 1.29 is 4.79 Å². The molecule has 0 saturated carbocycles. The van der Waals surface area contributed by atoms with Crippen molar-refractivity contribution in [1.29, 1.82) is 0 Å². The number of rotatable bonds is 2. The molecule has 2 rings (SSSR count). The van der Waals surface area contributed by atoms with E-state index in [1.165, 1.54) is 0 Å². The van der Waals surface area contributed by atoms with Crippen molar-refractivity contribution in [2.24, 2.45) is 5.73 Å². The quantitative estimate of drug-likeness (QED) is 0.866. The maximum atomic E-state index is 11.5. The van der Waals surface area contributed by atoms with Gasteiger partial charge in [-0.2, -0.15) is 0 Å². The van der Waals surface area contributed by atoms with Crippen LogP contribution in [-0.2, 0) is 4.79 Å². The summed E-state index contributed by atoms with van der Waals surface area (Å²) in [6.45, 7) is 2.07. The van der Waals surface area contributed by atoms with Gasteiger partial charge in [0.05, 0.1) is 11.4 Å². The number of nitrogens with one attached hydrogen (secondary N) is 1. The first-order valence-corrected chi connectivity index (χ1v) is 6.04. The van der Waals surface area contributed by atoms with Crippen LogP contribution < -0.4 is 16.0 Å². The van der Waals surface area contributed by atoms with Crippen LogP contribution in [0.25, 0.3) is 0 Å². The average Bonchev–Trinajstić information content (AvgIpc) is 2.38. The fraction of sp³-hybridized carbons (Fsp3) is 0.364. The number of hydrogen-bond donors (Lipinski definition) is 2. The van der Waals surface area contributed by atoms with E-state index < -0.39 is 0 Å². The maximum absolute atomic E-state index is 11.5. The lowest BCUT2D eigenvalue weighted by atomic mass is 10.2. The van der Waals surface area contributed by atoms with Gasteiger partial charge >= 0.3 is 0 Å². The average molecular weight is 284 g/mol. The number of benzene rings is 1. The summed E-state index contributed by atoms with van der Waals surface area (Å²) in [5, 5.41) is 2.90. The molecule has 0 atom stereocenters. The Labute approximate surface area is 103 Å². The minimum Gasteiger partial charge on any atom is -0.368 e. The number of hydrogen-bond acceptors (Lipinski definition) is 3. The first kappa shape index (κ1) is 11.4. The molecule has 1 amide bonds.